The van der Waals surface area contributed by atoms with Gasteiger partial charge < -0.3 is 10.5 Å². The SMILES string of the molecule is CC(C)(C)SCCCOc1ccc(CN)cc1. The van der Waals surface area contributed by atoms with Gasteiger partial charge in [-0.2, -0.15) is 11.8 Å². The summed E-state index contributed by atoms with van der Waals surface area (Å²) in [5.41, 5.74) is 6.68. The van der Waals surface area contributed by atoms with Crippen LogP contribution in [0, 0.1) is 0 Å². The average molecular weight is 253 g/mol. The lowest BCUT2D eigenvalue weighted by atomic mass is 10.2. The van der Waals surface area contributed by atoms with Crippen molar-refractivity contribution in [1.82, 2.24) is 0 Å². The Labute approximate surface area is 109 Å². The fourth-order valence-corrected chi connectivity index (χ4v) is 2.22. The van der Waals surface area contributed by atoms with Gasteiger partial charge in [-0.1, -0.05) is 32.9 Å². The molecule has 17 heavy (non-hydrogen) atoms. The number of thioether (sulfide) groups is 1. The molecule has 0 bridgehead atoms. The summed E-state index contributed by atoms with van der Waals surface area (Å²) in [5.74, 6) is 2.08. The molecule has 0 aliphatic heterocycles. The van der Waals surface area contributed by atoms with Crippen molar-refractivity contribution in [3.63, 3.8) is 0 Å². The maximum absolute atomic E-state index is 5.67. The fourth-order valence-electron chi connectivity index (χ4n) is 1.35. The molecule has 0 spiro atoms. The van der Waals surface area contributed by atoms with E-state index in [1.165, 1.54) is 0 Å². The number of hydrogen-bond acceptors (Lipinski definition) is 3. The normalized spacial score (nSPS) is 11.5. The zero-order valence-corrected chi connectivity index (χ0v) is 11.8. The Morgan fingerprint density at radius 2 is 1.82 bits per heavy atom. The largest absolute Gasteiger partial charge is 0.494 e. The van der Waals surface area contributed by atoms with E-state index in [0.29, 0.717) is 11.3 Å². The second-order valence-electron chi connectivity index (χ2n) is 5.01. The summed E-state index contributed by atoms with van der Waals surface area (Å²) < 4.78 is 6.02. The van der Waals surface area contributed by atoms with E-state index in [0.717, 1.165) is 30.1 Å². The molecule has 1 aromatic carbocycles. The highest BCUT2D eigenvalue weighted by Crippen LogP contribution is 2.23. The third kappa shape index (κ3) is 6.59. The van der Waals surface area contributed by atoms with Gasteiger partial charge in [0.1, 0.15) is 5.75 Å². The Morgan fingerprint density at radius 1 is 1.18 bits per heavy atom. The fraction of sp³-hybridized carbons (Fsp3) is 0.571. The van der Waals surface area contributed by atoms with E-state index in [-0.39, 0.29) is 0 Å². The molecule has 0 aliphatic carbocycles. The van der Waals surface area contributed by atoms with Gasteiger partial charge in [0.05, 0.1) is 6.61 Å². The van der Waals surface area contributed by atoms with Crippen LogP contribution < -0.4 is 10.5 Å². The monoisotopic (exact) mass is 253 g/mol. The van der Waals surface area contributed by atoms with Crippen LogP contribution in [0.4, 0.5) is 0 Å². The molecule has 0 heterocycles. The van der Waals surface area contributed by atoms with Crippen molar-refractivity contribution in [1.29, 1.82) is 0 Å². The van der Waals surface area contributed by atoms with Crippen LogP contribution in [0.5, 0.6) is 5.75 Å². The minimum absolute atomic E-state index is 0.350. The van der Waals surface area contributed by atoms with Crippen molar-refractivity contribution in [2.45, 2.75) is 38.5 Å². The maximum atomic E-state index is 5.67. The third-order valence-electron chi connectivity index (χ3n) is 2.25. The number of nitrogens with two attached hydrogens (primary N) is 1. The first kappa shape index (κ1) is 14.4. The molecule has 0 fully saturated rings. The average Bonchev–Trinajstić information content (AvgIpc) is 2.28. The Hall–Kier alpha value is -0.670. The van der Waals surface area contributed by atoms with E-state index in [1.807, 2.05) is 36.0 Å². The first-order valence-corrected chi connectivity index (χ1v) is 7.05. The molecule has 0 saturated carbocycles. The lowest BCUT2D eigenvalue weighted by Crippen LogP contribution is -2.09. The summed E-state index contributed by atoms with van der Waals surface area (Å²) in [6, 6.07) is 8.00. The summed E-state index contributed by atoms with van der Waals surface area (Å²) in [7, 11) is 0. The molecule has 0 unspecified atom stereocenters. The van der Waals surface area contributed by atoms with Gasteiger partial charge in [-0.3, -0.25) is 0 Å². The zero-order valence-electron chi connectivity index (χ0n) is 11.0. The van der Waals surface area contributed by atoms with Crippen molar-refractivity contribution in [2.75, 3.05) is 12.4 Å². The highest BCUT2D eigenvalue weighted by Gasteiger charge is 2.09. The lowest BCUT2D eigenvalue weighted by molar-refractivity contribution is 0.318. The maximum Gasteiger partial charge on any atom is 0.119 e. The molecular formula is C14H23NOS. The van der Waals surface area contributed by atoms with Crippen LogP contribution in [0.3, 0.4) is 0 Å². The second kappa shape index (κ2) is 6.92. The number of benzene rings is 1. The molecule has 2 N–H and O–H groups in total. The Kier molecular flexibility index (Phi) is 5.86. The molecule has 0 radical (unpaired) electrons. The minimum Gasteiger partial charge on any atom is -0.494 e. The van der Waals surface area contributed by atoms with Crippen LogP contribution in [0.1, 0.15) is 32.8 Å². The van der Waals surface area contributed by atoms with Crippen LogP contribution in [0.2, 0.25) is 0 Å². The topological polar surface area (TPSA) is 35.2 Å². The van der Waals surface area contributed by atoms with E-state index in [2.05, 4.69) is 20.8 Å². The van der Waals surface area contributed by atoms with Gasteiger partial charge in [-0.15, -0.1) is 0 Å². The smallest absolute Gasteiger partial charge is 0.119 e. The van der Waals surface area contributed by atoms with Gasteiger partial charge >= 0.3 is 0 Å². The molecule has 0 aliphatic rings. The van der Waals surface area contributed by atoms with Crippen molar-refractivity contribution in [2.24, 2.45) is 5.73 Å². The van der Waals surface area contributed by atoms with Gasteiger partial charge in [-0.25, -0.2) is 0 Å². The first-order chi connectivity index (χ1) is 8.01. The number of rotatable bonds is 6. The molecule has 2 nitrogen and oxygen atoms in total. The Bertz CT molecular complexity index is 316. The van der Waals surface area contributed by atoms with E-state index in [4.69, 9.17) is 10.5 Å². The standard InChI is InChI=1S/C14H23NOS/c1-14(2,3)17-10-4-9-16-13-7-5-12(11-15)6-8-13/h5-8H,4,9-11,15H2,1-3H3. The van der Waals surface area contributed by atoms with Gasteiger partial charge in [0, 0.05) is 11.3 Å². The van der Waals surface area contributed by atoms with Crippen molar-refractivity contribution in [3.8, 4) is 5.75 Å². The molecule has 1 aromatic rings. The van der Waals surface area contributed by atoms with E-state index in [9.17, 15) is 0 Å². The molecule has 3 heteroatoms. The quantitative estimate of drug-likeness (QED) is 0.789. The Morgan fingerprint density at radius 3 is 2.35 bits per heavy atom. The summed E-state index contributed by atoms with van der Waals surface area (Å²) >= 11 is 1.98. The summed E-state index contributed by atoms with van der Waals surface area (Å²) in [4.78, 5) is 0. The van der Waals surface area contributed by atoms with Crippen LogP contribution in [0.15, 0.2) is 24.3 Å². The number of ether oxygens (including phenoxy) is 1. The summed E-state index contributed by atoms with van der Waals surface area (Å²) in [6.45, 7) is 8.09. The predicted octanol–water partition coefficient (Wildman–Crippen LogP) is 3.45. The molecule has 1 rings (SSSR count). The summed E-state index contributed by atoms with van der Waals surface area (Å²) in [6.07, 6.45) is 1.08. The highest BCUT2D eigenvalue weighted by atomic mass is 32.2. The van der Waals surface area contributed by atoms with Gasteiger partial charge in [0.2, 0.25) is 0 Å². The van der Waals surface area contributed by atoms with Crippen molar-refractivity contribution >= 4 is 11.8 Å². The molecule has 96 valence electrons. The van der Waals surface area contributed by atoms with Gasteiger partial charge in [-0.05, 0) is 29.9 Å². The second-order valence-corrected chi connectivity index (χ2v) is 6.93. The number of hydrogen-bond donors (Lipinski definition) is 1. The molecule has 0 aromatic heterocycles. The van der Waals surface area contributed by atoms with Crippen LogP contribution in [0.25, 0.3) is 0 Å². The predicted molar refractivity (Wildman–Crippen MR) is 76.7 cm³/mol. The molecule has 0 amide bonds. The van der Waals surface area contributed by atoms with Crippen molar-refractivity contribution in [3.05, 3.63) is 29.8 Å². The van der Waals surface area contributed by atoms with Gasteiger partial charge in [0.25, 0.3) is 0 Å². The molecular weight excluding hydrogens is 230 g/mol. The zero-order chi connectivity index (χ0) is 12.7. The third-order valence-corrected chi connectivity index (χ3v) is 3.61. The molecule has 0 atom stereocenters. The van der Waals surface area contributed by atoms with Crippen LogP contribution in [-0.4, -0.2) is 17.1 Å². The van der Waals surface area contributed by atoms with Crippen molar-refractivity contribution < 1.29 is 4.74 Å². The molecule has 0 saturated heterocycles. The first-order valence-electron chi connectivity index (χ1n) is 6.07. The van der Waals surface area contributed by atoms with E-state index < -0.39 is 0 Å². The van der Waals surface area contributed by atoms with E-state index >= 15 is 0 Å². The summed E-state index contributed by atoms with van der Waals surface area (Å²) in [5, 5.41) is 0. The van der Waals surface area contributed by atoms with Gasteiger partial charge in [0.15, 0.2) is 0 Å². The highest BCUT2D eigenvalue weighted by molar-refractivity contribution is 8.00. The Balaban J connectivity index is 2.18. The van der Waals surface area contributed by atoms with Crippen LogP contribution in [-0.2, 0) is 6.54 Å². The van der Waals surface area contributed by atoms with E-state index in [1.54, 1.807) is 0 Å². The van der Waals surface area contributed by atoms with Crippen LogP contribution >= 0.6 is 11.8 Å². The lowest BCUT2D eigenvalue weighted by Gasteiger charge is -2.17. The minimum atomic E-state index is 0.350.